The first-order valence-corrected chi connectivity index (χ1v) is 5.73. The SMILES string of the molecule is CCOC(=O)Cc1c(Cl)cc(C=O)cc1OC(F)F. The number of alkyl halides is 2. The fourth-order valence-electron chi connectivity index (χ4n) is 1.43. The zero-order chi connectivity index (χ0) is 14.4. The Morgan fingerprint density at radius 1 is 1.47 bits per heavy atom. The molecule has 7 heteroatoms. The molecule has 0 aliphatic heterocycles. The highest BCUT2D eigenvalue weighted by Gasteiger charge is 2.18. The molecular weight excluding hydrogens is 282 g/mol. The van der Waals surface area contributed by atoms with Gasteiger partial charge in [-0.15, -0.1) is 0 Å². The van der Waals surface area contributed by atoms with Crippen LogP contribution in [0.5, 0.6) is 5.75 Å². The van der Waals surface area contributed by atoms with Crippen molar-refractivity contribution in [3.63, 3.8) is 0 Å². The summed E-state index contributed by atoms with van der Waals surface area (Å²) in [5.41, 5.74) is 0.138. The average Bonchev–Trinajstić information content (AvgIpc) is 2.32. The van der Waals surface area contributed by atoms with Crippen molar-refractivity contribution in [2.24, 2.45) is 0 Å². The fourth-order valence-corrected chi connectivity index (χ4v) is 1.71. The van der Waals surface area contributed by atoms with Gasteiger partial charge < -0.3 is 9.47 Å². The minimum absolute atomic E-state index is 0.00620. The molecule has 0 bridgehead atoms. The van der Waals surface area contributed by atoms with Crippen LogP contribution in [0.1, 0.15) is 22.8 Å². The summed E-state index contributed by atoms with van der Waals surface area (Å²) in [5, 5.41) is -0.00620. The van der Waals surface area contributed by atoms with Crippen LogP contribution in [0.2, 0.25) is 5.02 Å². The maximum atomic E-state index is 12.3. The molecular formula is C12H11ClF2O4. The second-order valence-electron chi connectivity index (χ2n) is 3.46. The van der Waals surface area contributed by atoms with Crippen LogP contribution in [-0.4, -0.2) is 25.5 Å². The van der Waals surface area contributed by atoms with Gasteiger partial charge in [-0.2, -0.15) is 8.78 Å². The summed E-state index contributed by atoms with van der Waals surface area (Å²) in [7, 11) is 0. The van der Waals surface area contributed by atoms with E-state index in [4.69, 9.17) is 16.3 Å². The number of halogens is 3. The van der Waals surface area contributed by atoms with E-state index in [1.165, 1.54) is 6.07 Å². The second-order valence-corrected chi connectivity index (χ2v) is 3.86. The van der Waals surface area contributed by atoms with Gasteiger partial charge in [0.1, 0.15) is 12.0 Å². The van der Waals surface area contributed by atoms with Crippen LogP contribution in [0.15, 0.2) is 12.1 Å². The Morgan fingerprint density at radius 3 is 2.68 bits per heavy atom. The van der Waals surface area contributed by atoms with E-state index in [0.717, 1.165) is 6.07 Å². The number of esters is 1. The van der Waals surface area contributed by atoms with Gasteiger partial charge in [-0.1, -0.05) is 11.6 Å². The van der Waals surface area contributed by atoms with Crippen LogP contribution in [0.3, 0.4) is 0 Å². The highest BCUT2D eigenvalue weighted by atomic mass is 35.5. The summed E-state index contributed by atoms with van der Waals surface area (Å²) < 4.78 is 33.5. The van der Waals surface area contributed by atoms with Gasteiger partial charge in [0.05, 0.1) is 13.0 Å². The minimum Gasteiger partial charge on any atom is -0.466 e. The summed E-state index contributed by atoms with van der Waals surface area (Å²) in [6.45, 7) is -1.31. The van der Waals surface area contributed by atoms with E-state index in [1.807, 2.05) is 0 Å². The Bertz CT molecular complexity index is 477. The lowest BCUT2D eigenvalue weighted by atomic mass is 10.1. The van der Waals surface area contributed by atoms with E-state index in [1.54, 1.807) is 6.92 Å². The van der Waals surface area contributed by atoms with Crippen LogP contribution in [0.25, 0.3) is 0 Å². The molecule has 0 spiro atoms. The molecule has 1 rings (SSSR count). The van der Waals surface area contributed by atoms with Crippen molar-refractivity contribution < 1.29 is 27.8 Å². The number of hydrogen-bond acceptors (Lipinski definition) is 4. The number of rotatable bonds is 6. The number of hydrogen-bond donors (Lipinski definition) is 0. The largest absolute Gasteiger partial charge is 0.466 e. The summed E-state index contributed by atoms with van der Waals surface area (Å²) in [4.78, 5) is 22.0. The Morgan fingerprint density at radius 2 is 2.16 bits per heavy atom. The lowest BCUT2D eigenvalue weighted by molar-refractivity contribution is -0.142. The van der Waals surface area contributed by atoms with Crippen LogP contribution >= 0.6 is 11.6 Å². The molecule has 19 heavy (non-hydrogen) atoms. The van der Waals surface area contributed by atoms with Crippen molar-refractivity contribution in [3.05, 3.63) is 28.3 Å². The molecule has 0 atom stereocenters. The molecule has 0 aliphatic rings. The zero-order valence-corrected chi connectivity index (χ0v) is 10.7. The number of ether oxygens (including phenoxy) is 2. The maximum Gasteiger partial charge on any atom is 0.387 e. The molecule has 0 radical (unpaired) electrons. The van der Waals surface area contributed by atoms with E-state index >= 15 is 0 Å². The summed E-state index contributed by atoms with van der Waals surface area (Å²) in [5.74, 6) is -0.931. The van der Waals surface area contributed by atoms with Gasteiger partial charge >= 0.3 is 12.6 Å². The highest BCUT2D eigenvalue weighted by Crippen LogP contribution is 2.30. The predicted octanol–water partition coefficient (Wildman–Crippen LogP) is 2.86. The molecule has 4 nitrogen and oxygen atoms in total. The van der Waals surface area contributed by atoms with Gasteiger partial charge in [0.15, 0.2) is 0 Å². The molecule has 104 valence electrons. The third-order valence-corrected chi connectivity index (χ3v) is 2.49. The van der Waals surface area contributed by atoms with Crippen LogP contribution in [-0.2, 0) is 16.0 Å². The molecule has 0 saturated carbocycles. The monoisotopic (exact) mass is 292 g/mol. The van der Waals surface area contributed by atoms with E-state index in [9.17, 15) is 18.4 Å². The Balaban J connectivity index is 3.11. The molecule has 0 aliphatic carbocycles. The molecule has 0 heterocycles. The number of carbonyl (C=O) groups excluding carboxylic acids is 2. The zero-order valence-electron chi connectivity index (χ0n) is 9.99. The molecule has 0 amide bonds. The van der Waals surface area contributed by atoms with Gasteiger partial charge in [-0.05, 0) is 19.1 Å². The van der Waals surface area contributed by atoms with Gasteiger partial charge in [0.25, 0.3) is 0 Å². The quantitative estimate of drug-likeness (QED) is 0.597. The first-order valence-electron chi connectivity index (χ1n) is 5.36. The lowest BCUT2D eigenvalue weighted by Gasteiger charge is -2.12. The fraction of sp³-hybridized carbons (Fsp3) is 0.333. The lowest BCUT2D eigenvalue weighted by Crippen LogP contribution is -2.11. The first-order chi connectivity index (χ1) is 8.97. The predicted molar refractivity (Wildman–Crippen MR) is 63.8 cm³/mol. The topological polar surface area (TPSA) is 52.6 Å². The molecule has 0 unspecified atom stereocenters. The highest BCUT2D eigenvalue weighted by molar-refractivity contribution is 6.32. The Kier molecular flexibility index (Phi) is 5.69. The van der Waals surface area contributed by atoms with Crippen molar-refractivity contribution in [2.75, 3.05) is 6.61 Å². The van der Waals surface area contributed by atoms with Gasteiger partial charge in [0.2, 0.25) is 0 Å². The normalized spacial score (nSPS) is 10.4. The smallest absolute Gasteiger partial charge is 0.387 e. The van der Waals surface area contributed by atoms with Crippen LogP contribution in [0, 0.1) is 0 Å². The molecule has 0 saturated heterocycles. The number of carbonyl (C=O) groups is 2. The standard InChI is InChI=1S/C12H11ClF2O4/c1-2-18-11(17)5-8-9(13)3-7(6-16)4-10(8)19-12(14)15/h3-4,6,12H,2,5H2,1H3. The van der Waals surface area contributed by atoms with E-state index in [2.05, 4.69) is 4.74 Å². The summed E-state index contributed by atoms with van der Waals surface area (Å²) in [6, 6.07) is 2.36. The van der Waals surface area contributed by atoms with E-state index < -0.39 is 12.6 Å². The Hall–Kier alpha value is -1.69. The second kappa shape index (κ2) is 7.04. The van der Waals surface area contributed by atoms with Crippen molar-refractivity contribution in [3.8, 4) is 5.75 Å². The van der Waals surface area contributed by atoms with Gasteiger partial charge in [0, 0.05) is 16.1 Å². The van der Waals surface area contributed by atoms with Crippen molar-refractivity contribution in [2.45, 2.75) is 20.0 Å². The van der Waals surface area contributed by atoms with Crippen molar-refractivity contribution >= 4 is 23.9 Å². The molecule has 0 fully saturated rings. The van der Waals surface area contributed by atoms with Crippen molar-refractivity contribution in [1.82, 2.24) is 0 Å². The summed E-state index contributed by atoms with van der Waals surface area (Å²) >= 11 is 5.85. The molecule has 0 aromatic heterocycles. The molecule has 0 N–H and O–H groups in total. The number of benzene rings is 1. The third kappa shape index (κ3) is 4.48. The summed E-state index contributed by atoms with van der Waals surface area (Å²) in [6.07, 6.45) is 0.131. The maximum absolute atomic E-state index is 12.3. The Labute approximate surface area is 113 Å². The van der Waals surface area contributed by atoms with Crippen molar-refractivity contribution in [1.29, 1.82) is 0 Å². The van der Waals surface area contributed by atoms with E-state index in [-0.39, 0.29) is 34.9 Å². The average molecular weight is 293 g/mol. The van der Waals surface area contributed by atoms with Crippen LogP contribution < -0.4 is 4.74 Å². The molecule has 1 aromatic carbocycles. The first kappa shape index (κ1) is 15.4. The third-order valence-electron chi connectivity index (χ3n) is 2.16. The van der Waals surface area contributed by atoms with Gasteiger partial charge in [-0.3, -0.25) is 9.59 Å². The number of aldehydes is 1. The van der Waals surface area contributed by atoms with Gasteiger partial charge in [-0.25, -0.2) is 0 Å². The van der Waals surface area contributed by atoms with E-state index in [0.29, 0.717) is 6.29 Å². The minimum atomic E-state index is -3.08. The van der Waals surface area contributed by atoms with Crippen LogP contribution in [0.4, 0.5) is 8.78 Å². The molecule has 1 aromatic rings.